The van der Waals surface area contributed by atoms with E-state index >= 15 is 0 Å². The second kappa shape index (κ2) is 6.57. The van der Waals surface area contributed by atoms with E-state index in [2.05, 4.69) is 24.0 Å². The molecule has 1 aromatic heterocycles. The number of thioether (sulfide) groups is 1. The smallest absolute Gasteiger partial charge is 0.254 e. The van der Waals surface area contributed by atoms with E-state index in [0.29, 0.717) is 0 Å². The SMILES string of the molecule is CCCc1cc(=O)n(C)c(SCc2ccccc2)n1. The third kappa shape index (κ3) is 3.70. The van der Waals surface area contributed by atoms with Gasteiger partial charge in [0, 0.05) is 24.6 Å². The van der Waals surface area contributed by atoms with Gasteiger partial charge < -0.3 is 0 Å². The van der Waals surface area contributed by atoms with Crippen LogP contribution in [0.1, 0.15) is 24.6 Å². The van der Waals surface area contributed by atoms with Crippen molar-refractivity contribution in [2.75, 3.05) is 0 Å². The van der Waals surface area contributed by atoms with Gasteiger partial charge in [0.2, 0.25) is 0 Å². The molecule has 2 rings (SSSR count). The third-order valence-corrected chi connectivity index (χ3v) is 3.96. The molecule has 1 aromatic carbocycles. The first-order chi connectivity index (χ1) is 9.20. The van der Waals surface area contributed by atoms with Crippen LogP contribution in [0.15, 0.2) is 46.3 Å². The number of rotatable bonds is 5. The minimum atomic E-state index is 0.0222. The Hall–Kier alpha value is -1.55. The van der Waals surface area contributed by atoms with Gasteiger partial charge in [0.25, 0.3) is 5.56 Å². The molecular formula is C15H18N2OS. The quantitative estimate of drug-likeness (QED) is 0.621. The van der Waals surface area contributed by atoms with Gasteiger partial charge in [0.05, 0.1) is 0 Å². The summed E-state index contributed by atoms with van der Waals surface area (Å²) in [4.78, 5) is 16.4. The second-order valence-electron chi connectivity index (χ2n) is 4.45. The fraction of sp³-hybridized carbons (Fsp3) is 0.333. The molecule has 1 heterocycles. The summed E-state index contributed by atoms with van der Waals surface area (Å²) in [6, 6.07) is 11.9. The van der Waals surface area contributed by atoms with E-state index in [4.69, 9.17) is 0 Å². The van der Waals surface area contributed by atoms with Gasteiger partial charge in [-0.3, -0.25) is 9.36 Å². The van der Waals surface area contributed by atoms with E-state index in [1.54, 1.807) is 29.4 Å². The van der Waals surface area contributed by atoms with E-state index in [1.807, 2.05) is 18.2 Å². The van der Waals surface area contributed by atoms with Gasteiger partial charge in [-0.25, -0.2) is 4.98 Å². The first-order valence-corrected chi connectivity index (χ1v) is 7.43. The molecule has 0 amide bonds. The maximum atomic E-state index is 11.9. The van der Waals surface area contributed by atoms with Crippen molar-refractivity contribution in [3.63, 3.8) is 0 Å². The van der Waals surface area contributed by atoms with Crippen molar-refractivity contribution in [3.05, 3.63) is 58.0 Å². The Bertz CT molecular complexity index is 593. The monoisotopic (exact) mass is 274 g/mol. The van der Waals surface area contributed by atoms with Gasteiger partial charge >= 0.3 is 0 Å². The minimum absolute atomic E-state index is 0.0222. The van der Waals surface area contributed by atoms with Crippen LogP contribution < -0.4 is 5.56 Å². The summed E-state index contributed by atoms with van der Waals surface area (Å²) in [5, 5.41) is 0.791. The number of hydrogen-bond acceptors (Lipinski definition) is 3. The Morgan fingerprint density at radius 2 is 2.00 bits per heavy atom. The zero-order chi connectivity index (χ0) is 13.7. The van der Waals surface area contributed by atoms with Crippen LogP contribution in [0.2, 0.25) is 0 Å². The van der Waals surface area contributed by atoms with Crippen LogP contribution >= 0.6 is 11.8 Å². The zero-order valence-electron chi connectivity index (χ0n) is 11.3. The van der Waals surface area contributed by atoms with Crippen molar-refractivity contribution in [1.29, 1.82) is 0 Å². The first kappa shape index (κ1) is 13.9. The highest BCUT2D eigenvalue weighted by molar-refractivity contribution is 7.98. The molecule has 0 aliphatic heterocycles. The lowest BCUT2D eigenvalue weighted by Crippen LogP contribution is -2.20. The van der Waals surface area contributed by atoms with Crippen LogP contribution in [0.3, 0.4) is 0 Å². The van der Waals surface area contributed by atoms with Gasteiger partial charge in [-0.2, -0.15) is 0 Å². The zero-order valence-corrected chi connectivity index (χ0v) is 12.1. The van der Waals surface area contributed by atoms with E-state index in [-0.39, 0.29) is 5.56 Å². The highest BCUT2D eigenvalue weighted by atomic mass is 32.2. The molecule has 3 nitrogen and oxygen atoms in total. The average molecular weight is 274 g/mol. The van der Waals surface area contributed by atoms with E-state index < -0.39 is 0 Å². The van der Waals surface area contributed by atoms with Crippen molar-refractivity contribution in [2.24, 2.45) is 7.05 Å². The van der Waals surface area contributed by atoms with Gasteiger partial charge in [0.1, 0.15) is 0 Å². The molecule has 4 heteroatoms. The standard InChI is InChI=1S/C15H18N2OS/c1-3-7-13-10-14(18)17(2)15(16-13)19-11-12-8-5-4-6-9-12/h4-6,8-10H,3,7,11H2,1-2H3. The highest BCUT2D eigenvalue weighted by Crippen LogP contribution is 2.19. The molecule has 0 aliphatic carbocycles. The number of nitrogens with zero attached hydrogens (tertiary/aromatic N) is 2. The molecule has 0 saturated carbocycles. The second-order valence-corrected chi connectivity index (χ2v) is 5.39. The molecule has 100 valence electrons. The predicted octanol–water partition coefficient (Wildman–Crippen LogP) is 3.03. The molecule has 0 atom stereocenters. The van der Waals surface area contributed by atoms with Crippen LogP contribution in [0.25, 0.3) is 0 Å². The summed E-state index contributed by atoms with van der Waals surface area (Å²) in [6.07, 6.45) is 1.86. The van der Waals surface area contributed by atoms with Crippen molar-refractivity contribution >= 4 is 11.8 Å². The Kier molecular flexibility index (Phi) is 4.80. The summed E-state index contributed by atoms with van der Waals surface area (Å²) in [7, 11) is 1.78. The summed E-state index contributed by atoms with van der Waals surface area (Å²) in [5.74, 6) is 0.830. The maximum Gasteiger partial charge on any atom is 0.254 e. The Morgan fingerprint density at radius 3 is 2.68 bits per heavy atom. The maximum absolute atomic E-state index is 11.9. The molecule has 0 radical (unpaired) electrons. The van der Waals surface area contributed by atoms with Crippen LogP contribution in [-0.2, 0) is 19.2 Å². The lowest BCUT2D eigenvalue weighted by Gasteiger charge is -2.08. The Balaban J connectivity index is 2.17. The van der Waals surface area contributed by atoms with Crippen LogP contribution in [0, 0.1) is 0 Å². The molecule has 2 aromatic rings. The van der Waals surface area contributed by atoms with Crippen molar-refractivity contribution in [2.45, 2.75) is 30.7 Å². The molecule has 0 fully saturated rings. The van der Waals surface area contributed by atoms with Gasteiger partial charge in [-0.15, -0.1) is 0 Å². The van der Waals surface area contributed by atoms with E-state index in [9.17, 15) is 4.79 Å². The van der Waals surface area contributed by atoms with Crippen molar-refractivity contribution < 1.29 is 0 Å². The minimum Gasteiger partial charge on any atom is -0.291 e. The molecule has 0 bridgehead atoms. The first-order valence-electron chi connectivity index (χ1n) is 6.44. The topological polar surface area (TPSA) is 34.9 Å². The van der Waals surface area contributed by atoms with Crippen LogP contribution in [-0.4, -0.2) is 9.55 Å². The molecular weight excluding hydrogens is 256 g/mol. The van der Waals surface area contributed by atoms with Crippen molar-refractivity contribution in [3.8, 4) is 0 Å². The van der Waals surface area contributed by atoms with Crippen LogP contribution in [0.5, 0.6) is 0 Å². The third-order valence-electron chi connectivity index (χ3n) is 2.86. The lowest BCUT2D eigenvalue weighted by atomic mass is 10.2. The molecule has 0 aliphatic rings. The van der Waals surface area contributed by atoms with Gasteiger partial charge in [-0.1, -0.05) is 55.4 Å². The molecule has 0 saturated heterocycles. The number of benzene rings is 1. The number of hydrogen-bond donors (Lipinski definition) is 0. The Morgan fingerprint density at radius 1 is 1.26 bits per heavy atom. The predicted molar refractivity (Wildman–Crippen MR) is 79.5 cm³/mol. The normalized spacial score (nSPS) is 10.6. The largest absolute Gasteiger partial charge is 0.291 e. The van der Waals surface area contributed by atoms with Crippen molar-refractivity contribution in [1.82, 2.24) is 9.55 Å². The highest BCUT2D eigenvalue weighted by Gasteiger charge is 2.06. The van der Waals surface area contributed by atoms with E-state index in [1.165, 1.54) is 5.56 Å². The number of aryl methyl sites for hydroxylation is 1. The van der Waals surface area contributed by atoms with E-state index in [0.717, 1.165) is 29.4 Å². The molecule has 0 spiro atoms. The molecule has 0 unspecified atom stereocenters. The molecule has 19 heavy (non-hydrogen) atoms. The summed E-state index contributed by atoms with van der Waals surface area (Å²) in [6.45, 7) is 2.09. The molecule has 0 N–H and O–H groups in total. The fourth-order valence-electron chi connectivity index (χ4n) is 1.80. The summed E-state index contributed by atoms with van der Waals surface area (Å²) >= 11 is 1.61. The summed E-state index contributed by atoms with van der Waals surface area (Å²) in [5.41, 5.74) is 2.15. The fourth-order valence-corrected chi connectivity index (χ4v) is 2.75. The Labute approximate surface area is 117 Å². The van der Waals surface area contributed by atoms with Gasteiger partial charge in [0.15, 0.2) is 5.16 Å². The summed E-state index contributed by atoms with van der Waals surface area (Å²) < 4.78 is 1.62. The number of aromatic nitrogens is 2. The van der Waals surface area contributed by atoms with Gasteiger partial charge in [-0.05, 0) is 12.0 Å². The van der Waals surface area contributed by atoms with Crippen LogP contribution in [0.4, 0.5) is 0 Å². The average Bonchev–Trinajstić information content (AvgIpc) is 2.42. The lowest BCUT2D eigenvalue weighted by molar-refractivity contribution is 0.682.